The Morgan fingerprint density at radius 3 is 2.26 bits per heavy atom. The van der Waals surface area contributed by atoms with E-state index in [2.05, 4.69) is 21.0 Å². The molecule has 0 saturated heterocycles. The molecule has 1 atom stereocenters. The van der Waals surface area contributed by atoms with Crippen LogP contribution in [0.2, 0.25) is 0 Å². The van der Waals surface area contributed by atoms with Crippen LogP contribution in [-0.2, 0) is 29.0 Å². The normalized spacial score (nSPS) is 17.2. The number of carbonyl (C=O) groups is 3. The molecular formula is C37H46N6O3. The Morgan fingerprint density at radius 2 is 1.57 bits per heavy atom. The summed E-state index contributed by atoms with van der Waals surface area (Å²) in [6.45, 7) is 7.19. The van der Waals surface area contributed by atoms with Gasteiger partial charge in [-0.05, 0) is 74.9 Å². The molecule has 1 amide bonds. The molecule has 0 aliphatic carbocycles. The number of amides is 1. The number of pyridine rings is 1. The van der Waals surface area contributed by atoms with Crippen molar-refractivity contribution in [1.29, 1.82) is 0 Å². The van der Waals surface area contributed by atoms with Gasteiger partial charge in [-0.1, -0.05) is 51.0 Å². The minimum Gasteiger partial charge on any atom is -0.334 e. The molecule has 9 heteroatoms. The van der Waals surface area contributed by atoms with E-state index in [4.69, 9.17) is 5.10 Å². The van der Waals surface area contributed by atoms with Gasteiger partial charge in [0.1, 0.15) is 18.1 Å². The van der Waals surface area contributed by atoms with Gasteiger partial charge in [-0.3, -0.25) is 24.0 Å². The second kappa shape index (κ2) is 14.9. The van der Waals surface area contributed by atoms with Gasteiger partial charge < -0.3 is 4.90 Å². The van der Waals surface area contributed by atoms with Gasteiger partial charge in [0.15, 0.2) is 11.6 Å². The Bertz CT molecular complexity index is 1730. The summed E-state index contributed by atoms with van der Waals surface area (Å²) in [5.41, 5.74) is 6.57. The molecule has 5 rings (SSSR count). The van der Waals surface area contributed by atoms with Crippen LogP contribution in [0.4, 0.5) is 0 Å². The Morgan fingerprint density at radius 1 is 0.891 bits per heavy atom. The van der Waals surface area contributed by atoms with Crippen molar-refractivity contribution >= 4 is 28.4 Å². The van der Waals surface area contributed by atoms with Crippen LogP contribution in [0.1, 0.15) is 104 Å². The molecular weight excluding hydrogens is 576 g/mol. The van der Waals surface area contributed by atoms with Gasteiger partial charge in [-0.25, -0.2) is 9.97 Å². The van der Waals surface area contributed by atoms with Gasteiger partial charge in [0.2, 0.25) is 5.91 Å². The summed E-state index contributed by atoms with van der Waals surface area (Å²) in [5, 5.41) is 5.45. The zero-order valence-corrected chi connectivity index (χ0v) is 27.9. The fourth-order valence-electron chi connectivity index (χ4n) is 6.52. The van der Waals surface area contributed by atoms with Crippen molar-refractivity contribution in [2.24, 2.45) is 0 Å². The third-order valence-electron chi connectivity index (χ3n) is 9.24. The Kier molecular flexibility index (Phi) is 10.7. The number of rotatable bonds is 5. The highest BCUT2D eigenvalue weighted by Gasteiger charge is 2.29. The minimum atomic E-state index is -0.563. The van der Waals surface area contributed by atoms with E-state index in [0.717, 1.165) is 89.5 Å². The first-order valence-corrected chi connectivity index (χ1v) is 16.7. The first-order valence-electron chi connectivity index (χ1n) is 16.7. The highest BCUT2D eigenvalue weighted by molar-refractivity contribution is 6.07. The van der Waals surface area contributed by atoms with Crippen LogP contribution < -0.4 is 0 Å². The van der Waals surface area contributed by atoms with E-state index in [1.54, 1.807) is 29.0 Å². The van der Waals surface area contributed by atoms with E-state index in [0.29, 0.717) is 17.9 Å². The molecule has 4 heterocycles. The maximum Gasteiger partial charge on any atom is 0.244 e. The van der Waals surface area contributed by atoms with Crippen LogP contribution >= 0.6 is 0 Å². The lowest BCUT2D eigenvalue weighted by Crippen LogP contribution is -2.44. The number of nitrogens with zero attached hydrogens (tertiary/aromatic N) is 6. The third-order valence-corrected chi connectivity index (χ3v) is 9.24. The first kappa shape index (κ1) is 33.1. The summed E-state index contributed by atoms with van der Waals surface area (Å²) in [4.78, 5) is 55.7. The van der Waals surface area contributed by atoms with Crippen LogP contribution in [0.25, 0.3) is 22.0 Å². The highest BCUT2D eigenvalue weighted by atomic mass is 16.2. The summed E-state index contributed by atoms with van der Waals surface area (Å²) in [7, 11) is 1.73. The predicted octanol–water partition coefficient (Wildman–Crippen LogP) is 6.72. The number of likely N-dealkylation sites (N-methyl/N-ethyl adjacent to an activating group) is 1. The summed E-state index contributed by atoms with van der Waals surface area (Å²) < 4.78 is 1.68. The van der Waals surface area contributed by atoms with Crippen LogP contribution in [0.5, 0.6) is 0 Å². The van der Waals surface area contributed by atoms with Crippen molar-refractivity contribution in [2.75, 3.05) is 7.05 Å². The average molecular weight is 623 g/mol. The largest absolute Gasteiger partial charge is 0.334 e. The van der Waals surface area contributed by atoms with Gasteiger partial charge in [-0.15, -0.1) is 0 Å². The molecule has 1 aliphatic rings. The maximum absolute atomic E-state index is 14.0. The minimum absolute atomic E-state index is 0.00429. The number of carbonyl (C=O) groups excluding carboxylic acids is 3. The zero-order chi connectivity index (χ0) is 32.8. The molecule has 0 spiro atoms. The summed E-state index contributed by atoms with van der Waals surface area (Å²) in [6.07, 6.45) is 13.9. The summed E-state index contributed by atoms with van der Waals surface area (Å²) in [6, 6.07) is 7.47. The van der Waals surface area contributed by atoms with E-state index >= 15 is 0 Å². The monoisotopic (exact) mass is 622 g/mol. The van der Waals surface area contributed by atoms with E-state index in [9.17, 15) is 14.4 Å². The van der Waals surface area contributed by atoms with Gasteiger partial charge in [0.25, 0.3) is 0 Å². The fraction of sp³-hybridized carbons (Fsp3) is 0.486. The summed E-state index contributed by atoms with van der Waals surface area (Å²) in [5.74, 6) is 0.313. The fourth-order valence-corrected chi connectivity index (χ4v) is 6.52. The molecule has 1 aromatic carbocycles. The van der Waals surface area contributed by atoms with Crippen molar-refractivity contribution in [3.8, 4) is 11.1 Å². The molecule has 0 bridgehead atoms. The second-order valence-corrected chi connectivity index (χ2v) is 12.9. The number of ketones is 2. The molecule has 1 aliphatic heterocycles. The van der Waals surface area contributed by atoms with Crippen LogP contribution in [-0.4, -0.2) is 60.2 Å². The maximum atomic E-state index is 14.0. The number of aromatic nitrogens is 5. The number of Topliss-reactive ketones (excluding diaryl/α,β-unsaturated/α-hetero) is 2. The Labute approximate surface area is 271 Å². The van der Waals surface area contributed by atoms with Crippen molar-refractivity contribution < 1.29 is 14.4 Å². The van der Waals surface area contributed by atoms with E-state index in [1.807, 2.05) is 39.0 Å². The molecule has 46 heavy (non-hydrogen) atoms. The number of hydrogen-bond acceptors (Lipinski definition) is 7. The van der Waals surface area contributed by atoms with Gasteiger partial charge in [-0.2, -0.15) is 5.10 Å². The molecule has 0 saturated carbocycles. The lowest BCUT2D eigenvalue weighted by molar-refractivity contribution is -0.138. The third kappa shape index (κ3) is 7.74. The quantitative estimate of drug-likeness (QED) is 0.227. The molecule has 3 aromatic heterocycles. The Balaban J connectivity index is 1.53. The Hall–Kier alpha value is -4.27. The molecule has 9 nitrogen and oxygen atoms in total. The van der Waals surface area contributed by atoms with Crippen molar-refractivity contribution in [2.45, 2.75) is 111 Å². The molecule has 0 fully saturated rings. The zero-order valence-electron chi connectivity index (χ0n) is 27.9. The van der Waals surface area contributed by atoms with E-state index in [-0.39, 0.29) is 30.4 Å². The lowest BCUT2D eigenvalue weighted by Gasteiger charge is -2.28. The highest BCUT2D eigenvalue weighted by Crippen LogP contribution is 2.32. The predicted molar refractivity (Wildman–Crippen MR) is 180 cm³/mol. The lowest BCUT2D eigenvalue weighted by atomic mass is 9.96. The molecule has 4 aromatic rings. The molecule has 0 unspecified atom stereocenters. The van der Waals surface area contributed by atoms with Gasteiger partial charge in [0.05, 0.1) is 23.7 Å². The molecule has 0 radical (unpaired) electrons. The number of benzene rings is 1. The van der Waals surface area contributed by atoms with Crippen LogP contribution in [0, 0.1) is 20.8 Å². The smallest absolute Gasteiger partial charge is 0.244 e. The average Bonchev–Trinajstić information content (AvgIpc) is 3.39. The topological polar surface area (TPSA) is 111 Å². The van der Waals surface area contributed by atoms with Gasteiger partial charge in [0, 0.05) is 43.0 Å². The number of hydrogen-bond donors (Lipinski definition) is 0. The standard InChI is InChI=1S/C37H46N6O3/c1-24-16-17-25(2)40-32(24)20-34(45)33-15-13-11-9-7-6-8-10-12-14-28-18-29(30-21-38-27(4)39-22-30)19-31-36(26(3)44)41-43(37(28)31)23-35(46)42(33)5/h16-19,21-22,33H,6-15,20,23H2,1-5H3/t33-/m0/s1. The first-order chi connectivity index (χ1) is 22.1. The molecule has 242 valence electrons. The van der Waals surface area contributed by atoms with Crippen molar-refractivity contribution in [1.82, 2.24) is 29.6 Å². The van der Waals surface area contributed by atoms with Crippen molar-refractivity contribution in [3.05, 3.63) is 70.7 Å². The van der Waals surface area contributed by atoms with Crippen LogP contribution in [0.3, 0.4) is 0 Å². The number of aryl methyl sites for hydroxylation is 4. The molecule has 0 N–H and O–H groups in total. The van der Waals surface area contributed by atoms with Crippen LogP contribution in [0.15, 0.2) is 36.7 Å². The van der Waals surface area contributed by atoms with E-state index in [1.165, 1.54) is 19.8 Å². The SMILES string of the molecule is CC(=O)c1nn2c3c(cc(-c4cnc(C)nc4)cc13)CCCCCCCCCC[C@@H](C(=O)Cc1nc(C)ccc1C)N(C)C(=O)C2. The second-order valence-electron chi connectivity index (χ2n) is 12.9. The summed E-state index contributed by atoms with van der Waals surface area (Å²) >= 11 is 0. The van der Waals surface area contributed by atoms with E-state index < -0.39 is 6.04 Å². The van der Waals surface area contributed by atoms with Crippen molar-refractivity contribution in [3.63, 3.8) is 0 Å². The van der Waals surface area contributed by atoms with Gasteiger partial charge >= 0.3 is 0 Å².